The molecule has 35 heavy (non-hydrogen) atoms. The van der Waals surface area contributed by atoms with E-state index in [1.165, 1.54) is 6.42 Å². The van der Waals surface area contributed by atoms with Crippen molar-refractivity contribution >= 4 is 11.8 Å². The zero-order valence-corrected chi connectivity index (χ0v) is 21.1. The van der Waals surface area contributed by atoms with E-state index in [2.05, 4.69) is 17.9 Å². The number of hydrogen-bond donors (Lipinski definition) is 0. The van der Waals surface area contributed by atoms with Crippen molar-refractivity contribution < 1.29 is 19.1 Å². The van der Waals surface area contributed by atoms with Crippen LogP contribution in [0.1, 0.15) is 85.5 Å². The minimum atomic E-state index is -0.428. The molecule has 186 valence electrons. The number of nitrogens with zero attached hydrogens (tertiary/aromatic N) is 2. The minimum absolute atomic E-state index is 0.0119. The summed E-state index contributed by atoms with van der Waals surface area (Å²) >= 11 is 0. The Bertz CT molecular complexity index is 1110. The Morgan fingerprint density at radius 1 is 0.971 bits per heavy atom. The molecule has 0 saturated carbocycles. The maximum absolute atomic E-state index is 14.4. The fourth-order valence-electron chi connectivity index (χ4n) is 6.23. The van der Waals surface area contributed by atoms with Crippen LogP contribution in [0.25, 0.3) is 0 Å². The number of benzene rings is 2. The molecule has 2 aromatic rings. The van der Waals surface area contributed by atoms with Crippen LogP contribution in [0.3, 0.4) is 0 Å². The lowest BCUT2D eigenvalue weighted by Gasteiger charge is -2.47. The summed E-state index contributed by atoms with van der Waals surface area (Å²) in [5, 5.41) is 0. The van der Waals surface area contributed by atoms with E-state index in [0.717, 1.165) is 54.7 Å². The first-order valence-electron chi connectivity index (χ1n) is 13.2. The monoisotopic (exact) mass is 476 g/mol. The second-order valence-corrected chi connectivity index (χ2v) is 9.71. The highest BCUT2D eigenvalue weighted by molar-refractivity contribution is 6.01. The number of carbonyl (C=O) groups is 2. The molecule has 1 fully saturated rings. The van der Waals surface area contributed by atoms with Crippen LogP contribution >= 0.6 is 0 Å². The molecule has 6 nitrogen and oxygen atoms in total. The number of likely N-dealkylation sites (tertiary alicyclic amines) is 1. The Balaban J connectivity index is 1.66. The zero-order chi connectivity index (χ0) is 24.5. The predicted molar refractivity (Wildman–Crippen MR) is 135 cm³/mol. The van der Waals surface area contributed by atoms with Gasteiger partial charge in [-0.05, 0) is 80.8 Å². The molecular weight excluding hydrogens is 440 g/mol. The van der Waals surface area contributed by atoms with Crippen LogP contribution in [0.5, 0.6) is 11.5 Å². The molecule has 3 heterocycles. The quantitative estimate of drug-likeness (QED) is 0.581. The molecule has 2 aromatic carbocycles. The van der Waals surface area contributed by atoms with Gasteiger partial charge in [-0.15, -0.1) is 0 Å². The smallest absolute Gasteiger partial charge is 0.254 e. The van der Waals surface area contributed by atoms with Gasteiger partial charge in [-0.1, -0.05) is 25.1 Å². The van der Waals surface area contributed by atoms with Crippen LogP contribution in [0.4, 0.5) is 0 Å². The highest BCUT2D eigenvalue weighted by atomic mass is 16.5. The summed E-state index contributed by atoms with van der Waals surface area (Å²) in [7, 11) is 0. The standard InChI is InChI=1S/C29H36N2O4/c1-4-20-11-9-10-15-30(20)29(33)26-21-12-7-8-13-22(21)28(32)31-16-14-19-17-24(34-5-2)25(35-6-3)18-23(19)27(26)31/h7-8,12-13,17-18,20,26-27H,4-6,9-11,14-16H2,1-3H3/t20-,26+,27-/m1/s1. The van der Waals surface area contributed by atoms with Crippen LogP contribution in [-0.2, 0) is 11.2 Å². The van der Waals surface area contributed by atoms with Gasteiger partial charge in [0.2, 0.25) is 5.91 Å². The highest BCUT2D eigenvalue weighted by Crippen LogP contribution is 2.49. The number of piperidine rings is 1. The normalized spacial score (nSPS) is 23.3. The fraction of sp³-hybridized carbons (Fsp3) is 0.517. The average Bonchev–Trinajstić information content (AvgIpc) is 2.89. The van der Waals surface area contributed by atoms with Gasteiger partial charge in [0.1, 0.15) is 0 Å². The fourth-order valence-corrected chi connectivity index (χ4v) is 6.23. The van der Waals surface area contributed by atoms with Crippen LogP contribution < -0.4 is 9.47 Å². The molecule has 6 heteroatoms. The zero-order valence-electron chi connectivity index (χ0n) is 21.1. The van der Waals surface area contributed by atoms with Gasteiger partial charge in [0.05, 0.1) is 25.2 Å². The molecule has 3 atom stereocenters. The highest BCUT2D eigenvalue weighted by Gasteiger charge is 2.48. The van der Waals surface area contributed by atoms with Crippen LogP contribution in [0.15, 0.2) is 36.4 Å². The molecule has 1 saturated heterocycles. The van der Waals surface area contributed by atoms with Crippen molar-refractivity contribution in [3.8, 4) is 11.5 Å². The lowest BCUT2D eigenvalue weighted by Crippen LogP contribution is -2.53. The molecular formula is C29H36N2O4. The SMILES string of the molecule is CCOc1cc2c(cc1OCC)[C@@H]1[C@@H](C(=O)N3CCCC[C@H]3CC)c3ccccc3C(=O)N1CC2. The van der Waals surface area contributed by atoms with Gasteiger partial charge in [-0.3, -0.25) is 9.59 Å². The van der Waals surface area contributed by atoms with Gasteiger partial charge >= 0.3 is 0 Å². The summed E-state index contributed by atoms with van der Waals surface area (Å²) in [6.07, 6.45) is 4.93. The Morgan fingerprint density at radius 2 is 1.71 bits per heavy atom. The maximum Gasteiger partial charge on any atom is 0.254 e. The summed E-state index contributed by atoms with van der Waals surface area (Å²) < 4.78 is 11.8. The molecule has 0 aromatic heterocycles. The third-order valence-corrected chi connectivity index (χ3v) is 7.83. The number of ether oxygens (including phenoxy) is 2. The summed E-state index contributed by atoms with van der Waals surface area (Å²) in [5.74, 6) is 1.14. The summed E-state index contributed by atoms with van der Waals surface area (Å²) in [5.41, 5.74) is 3.65. The number of rotatable bonds is 6. The maximum atomic E-state index is 14.4. The third kappa shape index (κ3) is 4.07. The van der Waals surface area contributed by atoms with Gasteiger partial charge in [0.25, 0.3) is 5.91 Å². The van der Waals surface area contributed by atoms with Crippen LogP contribution in [0.2, 0.25) is 0 Å². The van der Waals surface area contributed by atoms with E-state index in [1.54, 1.807) is 0 Å². The van der Waals surface area contributed by atoms with E-state index in [4.69, 9.17) is 9.47 Å². The lowest BCUT2D eigenvalue weighted by atomic mass is 9.75. The molecule has 0 spiro atoms. The van der Waals surface area contributed by atoms with Gasteiger partial charge in [-0.25, -0.2) is 0 Å². The first-order chi connectivity index (χ1) is 17.1. The van der Waals surface area contributed by atoms with Gasteiger partial charge in [0.15, 0.2) is 11.5 Å². The lowest BCUT2D eigenvalue weighted by molar-refractivity contribution is -0.138. The molecule has 0 aliphatic carbocycles. The Morgan fingerprint density at radius 3 is 2.46 bits per heavy atom. The van der Waals surface area contributed by atoms with Crippen LogP contribution in [0, 0.1) is 0 Å². The van der Waals surface area contributed by atoms with Crippen molar-refractivity contribution in [2.24, 2.45) is 0 Å². The van der Waals surface area contributed by atoms with Crippen molar-refractivity contribution in [1.29, 1.82) is 0 Å². The summed E-state index contributed by atoms with van der Waals surface area (Å²) in [6.45, 7) is 8.53. The topological polar surface area (TPSA) is 59.1 Å². The second kappa shape index (κ2) is 9.92. The first kappa shape index (κ1) is 23.7. The van der Waals surface area contributed by atoms with Gasteiger partial charge in [-0.2, -0.15) is 0 Å². The van der Waals surface area contributed by atoms with E-state index in [1.807, 2.05) is 49.1 Å². The number of fused-ring (bicyclic) bond motifs is 4. The largest absolute Gasteiger partial charge is 0.490 e. The number of carbonyl (C=O) groups excluding carboxylic acids is 2. The second-order valence-electron chi connectivity index (χ2n) is 9.71. The number of amides is 2. The van der Waals surface area contributed by atoms with Crippen molar-refractivity contribution in [1.82, 2.24) is 9.80 Å². The third-order valence-electron chi connectivity index (χ3n) is 7.83. The summed E-state index contributed by atoms with van der Waals surface area (Å²) in [6, 6.07) is 11.7. The van der Waals surface area contributed by atoms with Crippen molar-refractivity contribution in [3.63, 3.8) is 0 Å². The molecule has 2 amide bonds. The average molecular weight is 477 g/mol. The Hall–Kier alpha value is -3.02. The first-order valence-corrected chi connectivity index (χ1v) is 13.2. The van der Waals surface area contributed by atoms with E-state index >= 15 is 0 Å². The molecule has 0 unspecified atom stereocenters. The Kier molecular flexibility index (Phi) is 6.72. The van der Waals surface area contributed by atoms with E-state index < -0.39 is 5.92 Å². The van der Waals surface area contributed by atoms with Crippen LogP contribution in [-0.4, -0.2) is 54.0 Å². The van der Waals surface area contributed by atoms with E-state index in [9.17, 15) is 9.59 Å². The molecule has 0 bridgehead atoms. The van der Waals surface area contributed by atoms with Crippen molar-refractivity contribution in [3.05, 3.63) is 58.7 Å². The Labute approximate surface area is 208 Å². The molecule has 0 radical (unpaired) electrons. The van der Waals surface area contributed by atoms with E-state index in [-0.39, 0.29) is 23.9 Å². The van der Waals surface area contributed by atoms with Gasteiger partial charge in [0, 0.05) is 24.7 Å². The molecule has 0 N–H and O–H groups in total. The predicted octanol–water partition coefficient (Wildman–Crippen LogP) is 5.11. The van der Waals surface area contributed by atoms with Crippen molar-refractivity contribution in [2.75, 3.05) is 26.3 Å². The number of hydrogen-bond acceptors (Lipinski definition) is 4. The van der Waals surface area contributed by atoms with Gasteiger partial charge < -0.3 is 19.3 Å². The van der Waals surface area contributed by atoms with E-state index in [0.29, 0.717) is 31.1 Å². The molecule has 5 rings (SSSR count). The molecule has 3 aliphatic rings. The minimum Gasteiger partial charge on any atom is -0.490 e. The molecule has 3 aliphatic heterocycles. The summed E-state index contributed by atoms with van der Waals surface area (Å²) in [4.78, 5) is 32.0. The van der Waals surface area contributed by atoms with Crippen molar-refractivity contribution in [2.45, 2.75) is 70.9 Å².